The molecule has 2 heterocycles. The van der Waals surface area contributed by atoms with Gasteiger partial charge in [0.05, 0.1) is 10.7 Å². The molecule has 1 aromatic heterocycles. The molecule has 0 saturated carbocycles. The molecule has 192 valence electrons. The Bertz CT molecular complexity index is 1270. The number of sulfonamides is 1. The molecular weight excluding hydrogens is 584 g/mol. The molecule has 17 heteroatoms. The van der Waals surface area contributed by atoms with Crippen molar-refractivity contribution in [2.24, 2.45) is 0 Å². The van der Waals surface area contributed by atoms with Gasteiger partial charge >= 0.3 is 18.1 Å². The molecule has 0 amide bonds. The second-order valence-corrected chi connectivity index (χ2v) is 11.4. The molecule has 0 spiro atoms. The second-order valence-electron chi connectivity index (χ2n) is 7.19. The van der Waals surface area contributed by atoms with Crippen LogP contribution < -0.4 is 4.72 Å². The van der Waals surface area contributed by atoms with Crippen LogP contribution in [0, 0.1) is 0 Å². The lowest BCUT2D eigenvalue weighted by atomic mass is 10.2. The Balaban J connectivity index is 1.68. The van der Waals surface area contributed by atoms with E-state index in [4.69, 9.17) is 39.5 Å². The second kappa shape index (κ2) is 10.2. The maximum absolute atomic E-state index is 12.6. The van der Waals surface area contributed by atoms with Crippen LogP contribution in [0.2, 0.25) is 13.7 Å². The minimum absolute atomic E-state index is 0.0362. The zero-order chi connectivity index (χ0) is 26.3. The molecule has 0 radical (unpaired) electrons. The highest BCUT2D eigenvalue weighted by molar-refractivity contribution is 7.93. The summed E-state index contributed by atoms with van der Waals surface area (Å²) in [5, 5.41) is 9.94. The summed E-state index contributed by atoms with van der Waals surface area (Å²) in [5.41, 5.74) is -0.491. The lowest BCUT2D eigenvalue weighted by Gasteiger charge is -2.19. The van der Waals surface area contributed by atoms with Gasteiger partial charge in [-0.2, -0.15) is 13.2 Å². The van der Waals surface area contributed by atoms with Crippen LogP contribution in [0.25, 0.3) is 0 Å². The largest absolute Gasteiger partial charge is 0.507 e. The number of hydrogen-bond acceptors (Lipinski definition) is 9. The Morgan fingerprint density at radius 1 is 1.20 bits per heavy atom. The first-order valence-electron chi connectivity index (χ1n) is 9.28. The van der Waals surface area contributed by atoms with Gasteiger partial charge in [-0.3, -0.25) is 9.62 Å². The number of likely N-dealkylation sites (tertiary alicyclic amines) is 1. The molecule has 2 aromatic rings. The molecule has 3 rings (SSSR count). The van der Waals surface area contributed by atoms with E-state index in [1.54, 1.807) is 0 Å². The number of thiophene rings is 1. The number of ether oxygens (including phenoxy) is 2. The number of aromatic hydroxyl groups is 1. The summed E-state index contributed by atoms with van der Waals surface area (Å²) in [6.07, 6.45) is -7.61. The van der Waals surface area contributed by atoms with Crippen molar-refractivity contribution in [1.29, 1.82) is 0 Å². The number of esters is 2. The fourth-order valence-corrected chi connectivity index (χ4v) is 6.99. The average Bonchev–Trinajstić information content (AvgIpc) is 3.18. The molecule has 1 aliphatic rings. The number of likely N-dealkylation sites (N-methyl/N-ethyl adjacent to an activating group) is 1. The summed E-state index contributed by atoms with van der Waals surface area (Å²) >= 11 is 18.3. The summed E-state index contributed by atoms with van der Waals surface area (Å²) in [5.74, 6) is -4.06. The van der Waals surface area contributed by atoms with E-state index in [1.165, 1.54) is 11.9 Å². The van der Waals surface area contributed by atoms with Crippen molar-refractivity contribution in [3.05, 3.63) is 37.5 Å². The summed E-state index contributed by atoms with van der Waals surface area (Å²) < 4.78 is 73.9. The topological polar surface area (TPSA) is 122 Å². The van der Waals surface area contributed by atoms with E-state index in [9.17, 15) is 36.3 Å². The van der Waals surface area contributed by atoms with Gasteiger partial charge in [0, 0.05) is 19.0 Å². The summed E-state index contributed by atoms with van der Waals surface area (Å²) in [7, 11) is -2.92. The smallest absolute Gasteiger partial charge is 0.490 e. The van der Waals surface area contributed by atoms with Gasteiger partial charge in [0.2, 0.25) is 0 Å². The third-order valence-electron chi connectivity index (χ3n) is 4.66. The lowest BCUT2D eigenvalue weighted by Crippen LogP contribution is -2.35. The standard InChI is InChI=1S/C18H14Cl3F3N2O7S2/c1-26-6-8(5-11(26)33-17(29)18(22,23)24)32-16(28)9-3-2-7(4-10(9)27)25-35(30,31)13-12(19)14(20)34-15(13)21/h2-4,8,11,25,27H,5-6H2,1H3. The van der Waals surface area contributed by atoms with Gasteiger partial charge in [-0.05, 0) is 19.2 Å². The normalized spacial score (nSPS) is 18.9. The minimum Gasteiger partial charge on any atom is -0.507 e. The highest BCUT2D eigenvalue weighted by atomic mass is 35.5. The molecule has 2 unspecified atom stereocenters. The van der Waals surface area contributed by atoms with Gasteiger partial charge in [-0.15, -0.1) is 11.3 Å². The molecule has 0 aliphatic carbocycles. The zero-order valence-electron chi connectivity index (χ0n) is 17.2. The average molecular weight is 598 g/mol. The number of rotatable bonds is 6. The molecule has 1 aromatic carbocycles. The number of anilines is 1. The third kappa shape index (κ3) is 6.24. The Kier molecular flexibility index (Phi) is 8.04. The monoisotopic (exact) mass is 596 g/mol. The van der Waals surface area contributed by atoms with E-state index in [0.717, 1.165) is 29.5 Å². The molecule has 1 aliphatic heterocycles. The number of halogens is 6. The van der Waals surface area contributed by atoms with E-state index in [1.807, 2.05) is 0 Å². The number of alkyl halides is 3. The quantitative estimate of drug-likeness (QED) is 0.467. The van der Waals surface area contributed by atoms with Crippen LogP contribution in [-0.4, -0.2) is 62.5 Å². The van der Waals surface area contributed by atoms with Gasteiger partial charge in [0.15, 0.2) is 6.23 Å². The van der Waals surface area contributed by atoms with Crippen LogP contribution in [-0.2, 0) is 24.3 Å². The molecule has 1 fully saturated rings. The minimum atomic E-state index is -5.17. The maximum atomic E-state index is 12.6. The Morgan fingerprint density at radius 3 is 2.40 bits per heavy atom. The highest BCUT2D eigenvalue weighted by Gasteiger charge is 2.45. The van der Waals surface area contributed by atoms with Crippen LogP contribution in [0.15, 0.2) is 23.1 Å². The Hall–Kier alpha value is -1.97. The molecule has 2 N–H and O–H groups in total. The first-order chi connectivity index (χ1) is 16.1. The van der Waals surface area contributed by atoms with Crippen molar-refractivity contribution in [3.63, 3.8) is 0 Å². The van der Waals surface area contributed by atoms with Crippen molar-refractivity contribution in [2.45, 2.75) is 29.8 Å². The number of carbonyl (C=O) groups excluding carboxylic acids is 2. The molecule has 1 saturated heterocycles. The van der Waals surface area contributed by atoms with Crippen LogP contribution in [0.1, 0.15) is 16.8 Å². The highest BCUT2D eigenvalue weighted by Crippen LogP contribution is 2.43. The maximum Gasteiger partial charge on any atom is 0.490 e. The molecule has 2 atom stereocenters. The van der Waals surface area contributed by atoms with Crippen molar-refractivity contribution in [2.75, 3.05) is 18.3 Å². The van der Waals surface area contributed by atoms with Gasteiger partial charge < -0.3 is 14.6 Å². The van der Waals surface area contributed by atoms with E-state index >= 15 is 0 Å². The van der Waals surface area contributed by atoms with Crippen molar-refractivity contribution >= 4 is 73.8 Å². The van der Waals surface area contributed by atoms with E-state index in [2.05, 4.69) is 9.46 Å². The number of phenols is 1. The van der Waals surface area contributed by atoms with Gasteiger partial charge in [-0.25, -0.2) is 18.0 Å². The van der Waals surface area contributed by atoms with E-state index in [-0.39, 0.29) is 37.9 Å². The Labute approximate surface area is 215 Å². The van der Waals surface area contributed by atoms with Crippen LogP contribution in [0.3, 0.4) is 0 Å². The number of benzene rings is 1. The molecule has 9 nitrogen and oxygen atoms in total. The fraction of sp³-hybridized carbons (Fsp3) is 0.333. The molecular formula is C18H14Cl3F3N2O7S2. The van der Waals surface area contributed by atoms with Crippen molar-refractivity contribution in [3.8, 4) is 5.75 Å². The van der Waals surface area contributed by atoms with Gasteiger partial charge in [0.25, 0.3) is 10.0 Å². The van der Waals surface area contributed by atoms with Gasteiger partial charge in [-0.1, -0.05) is 34.8 Å². The first kappa shape index (κ1) is 27.6. The number of nitrogens with zero attached hydrogens (tertiary/aromatic N) is 1. The number of phenolic OH excluding ortho intramolecular Hbond substituents is 1. The summed E-state index contributed by atoms with van der Waals surface area (Å²) in [6, 6.07) is 3.15. The number of hydrogen-bond donors (Lipinski definition) is 2. The zero-order valence-corrected chi connectivity index (χ0v) is 21.1. The van der Waals surface area contributed by atoms with Crippen molar-refractivity contribution in [1.82, 2.24) is 4.90 Å². The lowest BCUT2D eigenvalue weighted by molar-refractivity contribution is -0.210. The molecule has 35 heavy (non-hydrogen) atoms. The summed E-state index contributed by atoms with van der Waals surface area (Å²) in [6.45, 7) is -0.0368. The fourth-order valence-electron chi connectivity index (χ4n) is 3.09. The number of nitrogens with one attached hydrogen (secondary N) is 1. The molecule has 0 bridgehead atoms. The SMILES string of the molecule is CN1CC(OC(=O)c2ccc(NS(=O)(=O)c3c(Cl)sc(Cl)c3Cl)cc2O)CC1OC(=O)C(F)(F)F. The predicted molar refractivity (Wildman–Crippen MR) is 121 cm³/mol. The van der Waals surface area contributed by atoms with Crippen LogP contribution in [0.4, 0.5) is 18.9 Å². The van der Waals surface area contributed by atoms with Crippen LogP contribution >= 0.6 is 46.1 Å². The van der Waals surface area contributed by atoms with E-state index < -0.39 is 51.1 Å². The summed E-state index contributed by atoms with van der Waals surface area (Å²) in [4.78, 5) is 24.3. The van der Waals surface area contributed by atoms with Crippen molar-refractivity contribution < 1.29 is 45.8 Å². The van der Waals surface area contributed by atoms with Gasteiger partial charge in [0.1, 0.15) is 31.0 Å². The van der Waals surface area contributed by atoms with Crippen LogP contribution in [0.5, 0.6) is 5.75 Å². The third-order valence-corrected chi connectivity index (χ3v) is 8.66. The number of carbonyl (C=O) groups is 2. The van der Waals surface area contributed by atoms with E-state index in [0.29, 0.717) is 0 Å². The predicted octanol–water partition coefficient (Wildman–Crippen LogP) is 4.51. The Morgan fingerprint density at radius 2 is 1.86 bits per heavy atom. The first-order valence-corrected chi connectivity index (χ1v) is 12.7.